The Hall–Kier alpha value is 0.514. The van der Waals surface area contributed by atoms with Crippen molar-refractivity contribution in [1.29, 1.82) is 0 Å². The summed E-state index contributed by atoms with van der Waals surface area (Å²) in [5.41, 5.74) is 0. The van der Waals surface area contributed by atoms with E-state index in [1.54, 1.807) is 0 Å². The second kappa shape index (κ2) is 63.3. The topological polar surface area (TPSA) is 13.0 Å². The SMILES string of the molecule is C=C.C=C.C=C.C=C.CN(C)CCN(C)C.CN(C)CCN(C)C.[Fe].[Li].[Li]. The summed E-state index contributed by atoms with van der Waals surface area (Å²) in [5.74, 6) is 0. The van der Waals surface area contributed by atoms with Crippen LogP contribution in [0.15, 0.2) is 52.6 Å². The molecular formula is C20H48FeLi2N4. The number of likely N-dealkylation sites (N-methyl/N-ethyl adjacent to an activating group) is 4. The van der Waals surface area contributed by atoms with E-state index in [-0.39, 0.29) is 54.8 Å². The maximum Gasteiger partial charge on any atom is 0.0103 e. The summed E-state index contributed by atoms with van der Waals surface area (Å²) >= 11 is 0. The van der Waals surface area contributed by atoms with Gasteiger partial charge in [-0.25, -0.2) is 0 Å². The van der Waals surface area contributed by atoms with Gasteiger partial charge in [0.2, 0.25) is 0 Å². The fourth-order valence-electron chi connectivity index (χ4n) is 0.800. The zero-order chi connectivity index (χ0) is 21.1. The molecule has 0 rings (SSSR count). The molecule has 0 aromatic carbocycles. The number of hydrogen-bond donors (Lipinski definition) is 0. The van der Waals surface area contributed by atoms with E-state index in [4.69, 9.17) is 0 Å². The molecular weight excluding hydrogens is 366 g/mol. The predicted octanol–water partition coefficient (Wildman–Crippen LogP) is 2.66. The molecule has 0 aliphatic carbocycles. The second-order valence-electron chi connectivity index (χ2n) is 5.21. The molecule has 0 fully saturated rings. The van der Waals surface area contributed by atoms with Crippen LogP contribution in [0.1, 0.15) is 0 Å². The summed E-state index contributed by atoms with van der Waals surface area (Å²) < 4.78 is 0. The molecule has 0 unspecified atom stereocenters. The minimum atomic E-state index is 0. The first kappa shape index (κ1) is 56.4. The zero-order valence-electron chi connectivity index (χ0n) is 20.6. The zero-order valence-corrected chi connectivity index (χ0v) is 21.7. The second-order valence-corrected chi connectivity index (χ2v) is 5.21. The van der Waals surface area contributed by atoms with Crippen LogP contribution >= 0.6 is 0 Å². The summed E-state index contributed by atoms with van der Waals surface area (Å²) in [4.78, 5) is 8.72. The van der Waals surface area contributed by atoms with E-state index in [1.807, 2.05) is 0 Å². The van der Waals surface area contributed by atoms with Gasteiger partial charge >= 0.3 is 0 Å². The Balaban J connectivity index is -0.0000000231. The summed E-state index contributed by atoms with van der Waals surface area (Å²) in [5, 5.41) is 0. The van der Waals surface area contributed by atoms with Crippen LogP contribution in [0.5, 0.6) is 0 Å². The van der Waals surface area contributed by atoms with Crippen LogP contribution in [0.2, 0.25) is 0 Å². The van der Waals surface area contributed by atoms with E-state index in [2.05, 4.69) is 129 Å². The Bertz CT molecular complexity index is 157. The molecule has 0 N–H and O–H groups in total. The molecule has 0 saturated heterocycles. The van der Waals surface area contributed by atoms with Gasteiger partial charge in [-0.15, -0.1) is 52.6 Å². The quantitative estimate of drug-likeness (QED) is 0.490. The Morgan fingerprint density at radius 2 is 0.444 bits per heavy atom. The molecule has 0 aliphatic heterocycles. The molecule has 2 radical (unpaired) electrons. The molecule has 0 amide bonds. The first-order chi connectivity index (χ1) is 11.3. The van der Waals surface area contributed by atoms with Gasteiger partial charge in [-0.05, 0) is 56.4 Å². The van der Waals surface area contributed by atoms with Gasteiger partial charge in [-0.3, -0.25) is 0 Å². The van der Waals surface area contributed by atoms with Crippen LogP contribution in [0.25, 0.3) is 0 Å². The third kappa shape index (κ3) is 144. The number of rotatable bonds is 6. The standard InChI is InChI=1S/2C6H16N2.4C2H4.Fe.2Li/c2*1-7(2)5-6-8(3)4;4*1-2;;;/h2*5-6H2,1-4H3;4*1-2H2;;;. The normalized spacial score (nSPS) is 7.26. The van der Waals surface area contributed by atoms with Crippen molar-refractivity contribution in [2.24, 2.45) is 0 Å². The molecule has 0 bridgehead atoms. The van der Waals surface area contributed by atoms with Crippen molar-refractivity contribution in [2.75, 3.05) is 82.6 Å². The van der Waals surface area contributed by atoms with Crippen molar-refractivity contribution >= 4 is 37.7 Å². The first-order valence-electron chi connectivity index (χ1n) is 7.84. The fourth-order valence-corrected chi connectivity index (χ4v) is 0.800. The summed E-state index contributed by atoms with van der Waals surface area (Å²) in [6, 6.07) is 0. The Kier molecular flexibility index (Phi) is 132. The van der Waals surface area contributed by atoms with Crippen molar-refractivity contribution in [3.63, 3.8) is 0 Å². The molecule has 158 valence electrons. The van der Waals surface area contributed by atoms with E-state index < -0.39 is 0 Å². The molecule has 0 aliphatic rings. The van der Waals surface area contributed by atoms with Gasteiger partial charge in [0.25, 0.3) is 0 Å². The number of hydrogen-bond acceptors (Lipinski definition) is 4. The summed E-state index contributed by atoms with van der Waals surface area (Å²) in [6.45, 7) is 28.6. The third-order valence-electron chi connectivity index (χ3n) is 1.99. The van der Waals surface area contributed by atoms with Crippen molar-refractivity contribution in [2.45, 2.75) is 0 Å². The number of nitrogens with zero attached hydrogens (tertiary/aromatic N) is 4. The minimum Gasteiger partial charge on any atom is -0.308 e. The molecule has 27 heavy (non-hydrogen) atoms. The molecule has 7 heteroatoms. The van der Waals surface area contributed by atoms with Gasteiger partial charge in [0, 0.05) is 81.0 Å². The Morgan fingerprint density at radius 3 is 0.481 bits per heavy atom. The van der Waals surface area contributed by atoms with Gasteiger partial charge < -0.3 is 19.6 Å². The van der Waals surface area contributed by atoms with Crippen molar-refractivity contribution in [3.05, 3.63) is 52.6 Å². The average Bonchev–Trinajstić information content (AvgIpc) is 2.59. The van der Waals surface area contributed by atoms with Gasteiger partial charge in [0.05, 0.1) is 0 Å². The molecule has 0 aromatic heterocycles. The van der Waals surface area contributed by atoms with Crippen molar-refractivity contribution < 1.29 is 17.1 Å². The van der Waals surface area contributed by atoms with Crippen molar-refractivity contribution in [1.82, 2.24) is 19.6 Å². The largest absolute Gasteiger partial charge is 0.308 e. The minimum absolute atomic E-state index is 0. The van der Waals surface area contributed by atoms with Crippen molar-refractivity contribution in [3.8, 4) is 0 Å². The monoisotopic (exact) mass is 414 g/mol. The first-order valence-corrected chi connectivity index (χ1v) is 7.84. The summed E-state index contributed by atoms with van der Waals surface area (Å²) in [7, 11) is 16.7. The molecule has 0 aromatic rings. The van der Waals surface area contributed by atoms with E-state index in [9.17, 15) is 0 Å². The maximum absolute atomic E-state index is 3.00. The molecule has 0 saturated carbocycles. The summed E-state index contributed by atoms with van der Waals surface area (Å²) in [6.07, 6.45) is 0. The average molecular weight is 414 g/mol. The molecule has 0 atom stereocenters. The Morgan fingerprint density at radius 1 is 0.370 bits per heavy atom. The van der Waals surface area contributed by atoms with E-state index in [0.717, 1.165) is 26.2 Å². The fraction of sp³-hybridized carbons (Fsp3) is 0.600. The smallest absolute Gasteiger partial charge is 0.0103 e. The van der Waals surface area contributed by atoms with E-state index in [1.165, 1.54) is 0 Å². The molecule has 4 nitrogen and oxygen atoms in total. The predicted molar refractivity (Wildman–Crippen MR) is 131 cm³/mol. The van der Waals surface area contributed by atoms with Crippen LogP contribution in [-0.2, 0) is 17.1 Å². The molecule has 0 spiro atoms. The Labute approximate surface area is 208 Å². The van der Waals surface area contributed by atoms with E-state index in [0.29, 0.717) is 0 Å². The van der Waals surface area contributed by atoms with Crippen LogP contribution in [0.3, 0.4) is 0 Å². The van der Waals surface area contributed by atoms with Crippen LogP contribution < -0.4 is 0 Å². The molecule has 0 heterocycles. The third-order valence-corrected chi connectivity index (χ3v) is 1.99. The van der Waals surface area contributed by atoms with Gasteiger partial charge in [0.15, 0.2) is 0 Å². The van der Waals surface area contributed by atoms with E-state index >= 15 is 0 Å². The maximum atomic E-state index is 3.00. The van der Waals surface area contributed by atoms with Gasteiger partial charge in [0.1, 0.15) is 0 Å². The van der Waals surface area contributed by atoms with Gasteiger partial charge in [-0.1, -0.05) is 0 Å². The van der Waals surface area contributed by atoms with Gasteiger partial charge in [-0.2, -0.15) is 0 Å². The van der Waals surface area contributed by atoms with Crippen LogP contribution in [-0.4, -0.2) is 140 Å². The van der Waals surface area contributed by atoms with Crippen LogP contribution in [0, 0.1) is 0 Å². The van der Waals surface area contributed by atoms with Crippen LogP contribution in [0.4, 0.5) is 0 Å².